The van der Waals surface area contributed by atoms with Crippen LogP contribution in [0, 0.1) is 6.92 Å². The third-order valence-electron chi connectivity index (χ3n) is 2.65. The van der Waals surface area contributed by atoms with Crippen molar-refractivity contribution < 1.29 is 9.59 Å². The summed E-state index contributed by atoms with van der Waals surface area (Å²) in [6.45, 7) is 9.00. The van der Waals surface area contributed by atoms with Gasteiger partial charge in [0.2, 0.25) is 0 Å². The van der Waals surface area contributed by atoms with Gasteiger partial charge in [-0.05, 0) is 20.0 Å². The molecule has 0 aliphatic carbocycles. The topological polar surface area (TPSA) is 74.3 Å². The highest BCUT2D eigenvalue weighted by atomic mass is 32.1. The van der Waals surface area contributed by atoms with Gasteiger partial charge in [0, 0.05) is 18.5 Å². The summed E-state index contributed by atoms with van der Waals surface area (Å²) in [7, 11) is 0. The summed E-state index contributed by atoms with van der Waals surface area (Å²) in [5.74, 6) is -1.30. The lowest BCUT2D eigenvalue weighted by molar-refractivity contribution is -0.136. The molecule has 1 rings (SSSR count). The van der Waals surface area contributed by atoms with E-state index in [2.05, 4.69) is 34.4 Å². The molecular weight excluding hydrogens is 264 g/mol. The number of likely N-dealkylation sites (N-methyl/N-ethyl adjacent to an activating group) is 1. The Morgan fingerprint density at radius 1 is 1.32 bits per heavy atom. The van der Waals surface area contributed by atoms with E-state index in [9.17, 15) is 9.59 Å². The Labute approximate surface area is 117 Å². The van der Waals surface area contributed by atoms with Gasteiger partial charge in [0.05, 0.1) is 5.69 Å². The highest BCUT2D eigenvalue weighted by Crippen LogP contribution is 2.13. The molecule has 2 N–H and O–H groups in total. The van der Waals surface area contributed by atoms with Gasteiger partial charge >= 0.3 is 11.8 Å². The molecule has 106 valence electrons. The molecule has 1 aromatic heterocycles. The van der Waals surface area contributed by atoms with Crippen LogP contribution in [0.2, 0.25) is 0 Å². The summed E-state index contributed by atoms with van der Waals surface area (Å²) in [6, 6.07) is 0. The molecule has 0 atom stereocenters. The molecule has 2 amide bonds. The molecule has 0 fully saturated rings. The monoisotopic (exact) mass is 284 g/mol. The van der Waals surface area contributed by atoms with Crippen molar-refractivity contribution in [3.8, 4) is 0 Å². The van der Waals surface area contributed by atoms with Crippen LogP contribution in [0.3, 0.4) is 0 Å². The van der Waals surface area contributed by atoms with Crippen LogP contribution in [0.5, 0.6) is 0 Å². The number of hydrogen-bond donors (Lipinski definition) is 2. The van der Waals surface area contributed by atoms with Gasteiger partial charge in [-0.1, -0.05) is 13.8 Å². The second kappa shape index (κ2) is 7.85. The lowest BCUT2D eigenvalue weighted by Gasteiger charge is -2.17. The van der Waals surface area contributed by atoms with E-state index in [0.717, 1.165) is 25.3 Å². The minimum absolute atomic E-state index is 0.446. The molecule has 7 heteroatoms. The Balaban J connectivity index is 2.31. The van der Waals surface area contributed by atoms with Crippen LogP contribution in [0.4, 0.5) is 5.13 Å². The van der Waals surface area contributed by atoms with Crippen LogP contribution in [0.25, 0.3) is 0 Å². The zero-order valence-corrected chi connectivity index (χ0v) is 12.3. The number of rotatable bonds is 6. The number of carbonyl (C=O) groups excluding carboxylic acids is 2. The normalized spacial score (nSPS) is 10.5. The van der Waals surface area contributed by atoms with Crippen LogP contribution >= 0.6 is 11.3 Å². The van der Waals surface area contributed by atoms with Crippen molar-refractivity contribution in [3.05, 3.63) is 11.1 Å². The van der Waals surface area contributed by atoms with Crippen LogP contribution in [-0.4, -0.2) is 47.9 Å². The summed E-state index contributed by atoms with van der Waals surface area (Å²) >= 11 is 1.30. The van der Waals surface area contributed by atoms with E-state index in [1.807, 2.05) is 12.3 Å². The van der Waals surface area contributed by atoms with Crippen molar-refractivity contribution in [1.82, 2.24) is 15.2 Å². The van der Waals surface area contributed by atoms with E-state index in [0.29, 0.717) is 11.7 Å². The van der Waals surface area contributed by atoms with Crippen molar-refractivity contribution in [2.24, 2.45) is 0 Å². The van der Waals surface area contributed by atoms with Gasteiger partial charge in [0.1, 0.15) is 0 Å². The Bertz CT molecular complexity index is 429. The highest BCUT2D eigenvalue weighted by Gasteiger charge is 2.14. The molecule has 0 spiro atoms. The number of carbonyl (C=O) groups is 2. The number of aromatic nitrogens is 1. The zero-order valence-electron chi connectivity index (χ0n) is 11.5. The number of nitrogens with zero attached hydrogens (tertiary/aromatic N) is 2. The predicted molar refractivity (Wildman–Crippen MR) is 76.3 cm³/mol. The van der Waals surface area contributed by atoms with Crippen molar-refractivity contribution in [1.29, 1.82) is 0 Å². The third-order valence-corrected chi connectivity index (χ3v) is 3.53. The molecule has 0 unspecified atom stereocenters. The Morgan fingerprint density at radius 3 is 2.53 bits per heavy atom. The second-order valence-electron chi connectivity index (χ2n) is 4.03. The Kier molecular flexibility index (Phi) is 6.44. The van der Waals surface area contributed by atoms with Gasteiger partial charge in [-0.3, -0.25) is 14.9 Å². The largest absolute Gasteiger partial charge is 0.347 e. The fourth-order valence-corrected chi connectivity index (χ4v) is 2.20. The van der Waals surface area contributed by atoms with E-state index in [1.54, 1.807) is 0 Å². The van der Waals surface area contributed by atoms with E-state index in [-0.39, 0.29) is 0 Å². The van der Waals surface area contributed by atoms with Gasteiger partial charge in [0.25, 0.3) is 0 Å². The van der Waals surface area contributed by atoms with Crippen LogP contribution in [0.1, 0.15) is 19.5 Å². The molecule has 0 saturated carbocycles. The molecular formula is C12H20N4O2S. The predicted octanol–water partition coefficient (Wildman–Crippen LogP) is 0.848. The Hall–Kier alpha value is -1.47. The summed E-state index contributed by atoms with van der Waals surface area (Å²) in [5, 5.41) is 7.32. The quantitative estimate of drug-likeness (QED) is 0.759. The van der Waals surface area contributed by atoms with Crippen molar-refractivity contribution in [3.63, 3.8) is 0 Å². The fraction of sp³-hybridized carbons (Fsp3) is 0.583. The smallest absolute Gasteiger partial charge is 0.315 e. The van der Waals surface area contributed by atoms with Gasteiger partial charge in [-0.2, -0.15) is 0 Å². The first-order valence-electron chi connectivity index (χ1n) is 6.30. The van der Waals surface area contributed by atoms with E-state index in [1.165, 1.54) is 11.3 Å². The summed E-state index contributed by atoms with van der Waals surface area (Å²) < 4.78 is 0. The zero-order chi connectivity index (χ0) is 14.3. The fourth-order valence-electron chi connectivity index (χ4n) is 1.51. The maximum atomic E-state index is 11.6. The molecule has 6 nitrogen and oxygen atoms in total. The molecule has 0 bridgehead atoms. The molecule has 0 aliphatic heterocycles. The number of aryl methyl sites for hydroxylation is 1. The lowest BCUT2D eigenvalue weighted by atomic mass is 10.4. The molecule has 1 heterocycles. The van der Waals surface area contributed by atoms with Crippen molar-refractivity contribution >= 4 is 28.3 Å². The lowest BCUT2D eigenvalue weighted by Crippen LogP contribution is -2.40. The van der Waals surface area contributed by atoms with Crippen molar-refractivity contribution in [2.75, 3.05) is 31.5 Å². The van der Waals surface area contributed by atoms with Gasteiger partial charge in [-0.15, -0.1) is 11.3 Å². The minimum atomic E-state index is -0.672. The number of thiazole rings is 1. The van der Waals surface area contributed by atoms with E-state index >= 15 is 0 Å². The number of hydrogen-bond acceptors (Lipinski definition) is 5. The second-order valence-corrected chi connectivity index (χ2v) is 4.89. The number of anilines is 1. The summed E-state index contributed by atoms with van der Waals surface area (Å²) in [6.07, 6.45) is 0. The van der Waals surface area contributed by atoms with E-state index < -0.39 is 11.8 Å². The molecule has 0 radical (unpaired) electrons. The number of amides is 2. The standard InChI is InChI=1S/C12H20N4O2S/c1-4-16(5-2)7-6-13-10(17)11(18)15-12-14-9(3)8-19-12/h8H,4-7H2,1-3H3,(H,13,17)(H,14,15,18). The van der Waals surface area contributed by atoms with Gasteiger partial charge in [-0.25, -0.2) is 4.98 Å². The number of nitrogens with one attached hydrogen (secondary N) is 2. The van der Waals surface area contributed by atoms with Crippen LogP contribution in [-0.2, 0) is 9.59 Å². The van der Waals surface area contributed by atoms with Crippen LogP contribution < -0.4 is 10.6 Å². The minimum Gasteiger partial charge on any atom is -0.347 e. The third kappa shape index (κ3) is 5.35. The van der Waals surface area contributed by atoms with Crippen LogP contribution in [0.15, 0.2) is 5.38 Å². The average molecular weight is 284 g/mol. The molecule has 1 aromatic rings. The first-order valence-corrected chi connectivity index (χ1v) is 7.18. The molecule has 0 aromatic carbocycles. The average Bonchev–Trinajstić information content (AvgIpc) is 2.79. The molecule has 19 heavy (non-hydrogen) atoms. The molecule has 0 saturated heterocycles. The molecule has 0 aliphatic rings. The maximum Gasteiger partial charge on any atom is 0.315 e. The first kappa shape index (κ1) is 15.6. The summed E-state index contributed by atoms with van der Waals surface area (Å²) in [4.78, 5) is 29.3. The Morgan fingerprint density at radius 2 is 2.00 bits per heavy atom. The van der Waals surface area contributed by atoms with Gasteiger partial charge in [0.15, 0.2) is 5.13 Å². The highest BCUT2D eigenvalue weighted by molar-refractivity contribution is 7.14. The van der Waals surface area contributed by atoms with E-state index in [4.69, 9.17) is 0 Å². The van der Waals surface area contributed by atoms with Crippen molar-refractivity contribution in [2.45, 2.75) is 20.8 Å². The first-order chi connectivity index (χ1) is 9.06. The maximum absolute atomic E-state index is 11.6. The van der Waals surface area contributed by atoms with Gasteiger partial charge < -0.3 is 10.2 Å². The summed E-state index contributed by atoms with van der Waals surface area (Å²) in [5.41, 5.74) is 0.822. The SMILES string of the molecule is CCN(CC)CCNC(=O)C(=O)Nc1nc(C)cs1.